The first-order valence-electron chi connectivity index (χ1n) is 6.31. The summed E-state index contributed by atoms with van der Waals surface area (Å²) in [5.74, 6) is -1.08. The standard InChI is InChI=1S/C14H15N3O3S/c1-9-8-15-14(21-9)17-13(20)16-11(12(18)19)7-10-5-3-2-4-6-10/h2-6,8,11H,7H2,1H3,(H,18,19)(H2,15,16,17,20)/t11-/m0/s1. The molecule has 1 aromatic carbocycles. The van der Waals surface area contributed by atoms with Crippen LogP contribution in [0.3, 0.4) is 0 Å². The van der Waals surface area contributed by atoms with Crippen molar-refractivity contribution in [2.24, 2.45) is 0 Å². The SMILES string of the molecule is Cc1cnc(NC(=O)N[C@@H](Cc2ccccc2)C(=O)O)s1. The number of nitrogens with one attached hydrogen (secondary N) is 2. The van der Waals surface area contributed by atoms with Crippen LogP contribution in [-0.2, 0) is 11.2 Å². The molecule has 3 N–H and O–H groups in total. The third-order valence-corrected chi connectivity index (χ3v) is 3.56. The topological polar surface area (TPSA) is 91.3 Å². The number of aryl methyl sites for hydroxylation is 1. The van der Waals surface area contributed by atoms with Gasteiger partial charge in [0, 0.05) is 17.5 Å². The fourth-order valence-electron chi connectivity index (χ4n) is 1.75. The Labute approximate surface area is 125 Å². The molecule has 7 heteroatoms. The van der Waals surface area contributed by atoms with Gasteiger partial charge in [-0.15, -0.1) is 11.3 Å². The number of hydrogen-bond acceptors (Lipinski definition) is 4. The van der Waals surface area contributed by atoms with Crippen molar-refractivity contribution in [1.82, 2.24) is 10.3 Å². The van der Waals surface area contributed by atoms with Gasteiger partial charge in [0.2, 0.25) is 0 Å². The number of nitrogens with zero attached hydrogens (tertiary/aromatic N) is 1. The van der Waals surface area contributed by atoms with Gasteiger partial charge >= 0.3 is 12.0 Å². The molecular formula is C14H15N3O3S. The number of aromatic nitrogens is 1. The first-order chi connectivity index (χ1) is 10.0. The van der Waals surface area contributed by atoms with E-state index >= 15 is 0 Å². The quantitative estimate of drug-likeness (QED) is 0.790. The first kappa shape index (κ1) is 15.0. The maximum atomic E-state index is 11.8. The molecule has 1 aromatic heterocycles. The number of rotatable bonds is 5. The lowest BCUT2D eigenvalue weighted by molar-refractivity contribution is -0.139. The minimum Gasteiger partial charge on any atom is -0.480 e. The van der Waals surface area contributed by atoms with Gasteiger partial charge < -0.3 is 10.4 Å². The number of carbonyl (C=O) groups is 2. The molecule has 0 radical (unpaired) electrons. The maximum Gasteiger partial charge on any atom is 0.326 e. The van der Waals surface area contributed by atoms with E-state index in [4.69, 9.17) is 0 Å². The summed E-state index contributed by atoms with van der Waals surface area (Å²) in [5.41, 5.74) is 0.843. The van der Waals surface area contributed by atoms with Crippen LogP contribution in [0.1, 0.15) is 10.4 Å². The van der Waals surface area contributed by atoms with E-state index in [0.29, 0.717) is 5.13 Å². The van der Waals surface area contributed by atoms with E-state index in [2.05, 4.69) is 15.6 Å². The van der Waals surface area contributed by atoms with E-state index in [9.17, 15) is 14.7 Å². The highest BCUT2D eigenvalue weighted by Crippen LogP contribution is 2.16. The Bertz CT molecular complexity index is 627. The number of carbonyl (C=O) groups excluding carboxylic acids is 1. The van der Waals surface area contributed by atoms with Crippen molar-refractivity contribution in [3.63, 3.8) is 0 Å². The molecule has 2 rings (SSSR count). The summed E-state index contributed by atoms with van der Waals surface area (Å²) in [7, 11) is 0. The van der Waals surface area contributed by atoms with E-state index in [1.807, 2.05) is 37.3 Å². The number of carboxylic acid groups (broad SMARTS) is 1. The van der Waals surface area contributed by atoms with E-state index in [1.165, 1.54) is 11.3 Å². The Balaban J connectivity index is 1.96. The Kier molecular flexibility index (Phi) is 4.89. The summed E-state index contributed by atoms with van der Waals surface area (Å²) in [6.07, 6.45) is 1.86. The fraction of sp³-hybridized carbons (Fsp3) is 0.214. The van der Waals surface area contributed by atoms with E-state index in [1.54, 1.807) is 6.20 Å². The summed E-state index contributed by atoms with van der Waals surface area (Å²) in [6.45, 7) is 1.87. The molecule has 0 saturated carbocycles. The summed E-state index contributed by atoms with van der Waals surface area (Å²) in [6, 6.07) is 7.57. The lowest BCUT2D eigenvalue weighted by Crippen LogP contribution is -2.44. The number of benzene rings is 1. The molecule has 0 bridgehead atoms. The van der Waals surface area contributed by atoms with Crippen molar-refractivity contribution in [3.05, 3.63) is 47.0 Å². The average molecular weight is 305 g/mol. The second kappa shape index (κ2) is 6.85. The van der Waals surface area contributed by atoms with Gasteiger partial charge in [-0.05, 0) is 12.5 Å². The third kappa shape index (κ3) is 4.57. The maximum absolute atomic E-state index is 11.8. The molecule has 0 saturated heterocycles. The molecule has 0 aliphatic rings. The smallest absolute Gasteiger partial charge is 0.326 e. The zero-order chi connectivity index (χ0) is 15.2. The van der Waals surface area contributed by atoms with Gasteiger partial charge in [0.25, 0.3) is 0 Å². The number of thiazole rings is 1. The number of urea groups is 1. The predicted octanol–water partition coefficient (Wildman–Crippen LogP) is 2.27. The number of amides is 2. The monoisotopic (exact) mass is 305 g/mol. The van der Waals surface area contributed by atoms with Gasteiger partial charge in [0.15, 0.2) is 5.13 Å². The van der Waals surface area contributed by atoms with Crippen LogP contribution in [0, 0.1) is 6.92 Å². The molecule has 0 aliphatic heterocycles. The van der Waals surface area contributed by atoms with Crippen LogP contribution in [0.25, 0.3) is 0 Å². The number of aliphatic carboxylic acids is 1. The van der Waals surface area contributed by atoms with Crippen LogP contribution in [0.5, 0.6) is 0 Å². The lowest BCUT2D eigenvalue weighted by atomic mass is 10.1. The van der Waals surface area contributed by atoms with Crippen molar-refractivity contribution in [1.29, 1.82) is 0 Å². The summed E-state index contributed by atoms with van der Waals surface area (Å²) in [4.78, 5) is 28.0. The zero-order valence-corrected chi connectivity index (χ0v) is 12.2. The van der Waals surface area contributed by atoms with Gasteiger partial charge in [-0.3, -0.25) is 5.32 Å². The second-order valence-electron chi connectivity index (χ2n) is 4.46. The largest absolute Gasteiger partial charge is 0.480 e. The van der Waals surface area contributed by atoms with Crippen LogP contribution < -0.4 is 10.6 Å². The van der Waals surface area contributed by atoms with Crippen LogP contribution in [0.2, 0.25) is 0 Å². The highest BCUT2D eigenvalue weighted by molar-refractivity contribution is 7.15. The van der Waals surface area contributed by atoms with Crippen molar-refractivity contribution >= 4 is 28.5 Å². The molecule has 0 unspecified atom stereocenters. The molecule has 0 spiro atoms. The molecule has 21 heavy (non-hydrogen) atoms. The van der Waals surface area contributed by atoms with Crippen LogP contribution >= 0.6 is 11.3 Å². The van der Waals surface area contributed by atoms with Crippen LogP contribution in [-0.4, -0.2) is 28.1 Å². The van der Waals surface area contributed by atoms with Crippen molar-refractivity contribution in [3.8, 4) is 0 Å². The molecule has 0 aliphatic carbocycles. The van der Waals surface area contributed by atoms with E-state index in [-0.39, 0.29) is 6.42 Å². The molecule has 0 fully saturated rings. The minimum atomic E-state index is -1.08. The highest BCUT2D eigenvalue weighted by atomic mass is 32.1. The lowest BCUT2D eigenvalue weighted by Gasteiger charge is -2.14. The van der Waals surface area contributed by atoms with E-state index in [0.717, 1.165) is 10.4 Å². The zero-order valence-electron chi connectivity index (χ0n) is 11.4. The second-order valence-corrected chi connectivity index (χ2v) is 5.69. The van der Waals surface area contributed by atoms with Crippen molar-refractivity contribution < 1.29 is 14.7 Å². The summed E-state index contributed by atoms with van der Waals surface area (Å²) < 4.78 is 0. The Morgan fingerprint density at radius 3 is 2.62 bits per heavy atom. The molecule has 1 atom stereocenters. The molecule has 2 aromatic rings. The van der Waals surface area contributed by atoms with Crippen molar-refractivity contribution in [2.75, 3.05) is 5.32 Å². The van der Waals surface area contributed by atoms with Gasteiger partial charge in [-0.2, -0.15) is 0 Å². The van der Waals surface area contributed by atoms with Crippen LogP contribution in [0.15, 0.2) is 36.5 Å². The van der Waals surface area contributed by atoms with E-state index < -0.39 is 18.0 Å². The van der Waals surface area contributed by atoms with Gasteiger partial charge in [0.1, 0.15) is 6.04 Å². The van der Waals surface area contributed by atoms with Gasteiger partial charge in [-0.25, -0.2) is 14.6 Å². The highest BCUT2D eigenvalue weighted by Gasteiger charge is 2.20. The molecule has 1 heterocycles. The van der Waals surface area contributed by atoms with Gasteiger partial charge in [0.05, 0.1) is 0 Å². The molecule has 2 amide bonds. The first-order valence-corrected chi connectivity index (χ1v) is 7.13. The predicted molar refractivity (Wildman–Crippen MR) is 80.6 cm³/mol. The van der Waals surface area contributed by atoms with Gasteiger partial charge in [-0.1, -0.05) is 30.3 Å². The number of anilines is 1. The summed E-state index contributed by atoms with van der Waals surface area (Å²) >= 11 is 1.33. The third-order valence-electron chi connectivity index (χ3n) is 2.73. The normalized spacial score (nSPS) is 11.7. The Morgan fingerprint density at radius 1 is 1.33 bits per heavy atom. The Hall–Kier alpha value is -2.41. The number of carboxylic acids is 1. The van der Waals surface area contributed by atoms with Crippen LogP contribution in [0.4, 0.5) is 9.93 Å². The summed E-state index contributed by atoms with van der Waals surface area (Å²) in [5, 5.41) is 14.6. The average Bonchev–Trinajstić information content (AvgIpc) is 2.84. The Morgan fingerprint density at radius 2 is 2.05 bits per heavy atom. The molecule has 6 nitrogen and oxygen atoms in total. The number of hydrogen-bond donors (Lipinski definition) is 3. The molecular weight excluding hydrogens is 290 g/mol. The van der Waals surface area contributed by atoms with Crippen molar-refractivity contribution in [2.45, 2.75) is 19.4 Å². The molecule has 110 valence electrons. The fourth-order valence-corrected chi connectivity index (χ4v) is 2.41. The minimum absolute atomic E-state index is 0.223.